The number of benzene rings is 1. The van der Waals surface area contributed by atoms with E-state index >= 15 is 0 Å². The van der Waals surface area contributed by atoms with Crippen molar-refractivity contribution in [1.29, 1.82) is 5.26 Å². The topological polar surface area (TPSA) is 50.3 Å². The summed E-state index contributed by atoms with van der Waals surface area (Å²) in [4.78, 5) is 4.39. The Hall–Kier alpha value is -2.87. The first-order valence-corrected chi connectivity index (χ1v) is 5.95. The molecule has 20 heavy (non-hydrogen) atoms. The van der Waals surface area contributed by atoms with Gasteiger partial charge in [0.15, 0.2) is 5.69 Å². The number of nitriles is 1. The van der Waals surface area contributed by atoms with Crippen molar-refractivity contribution in [3.8, 4) is 23.1 Å². The van der Waals surface area contributed by atoms with Crippen molar-refractivity contribution >= 4 is 5.65 Å². The predicted molar refractivity (Wildman–Crippen MR) is 71.9 cm³/mol. The van der Waals surface area contributed by atoms with E-state index in [0.717, 1.165) is 5.56 Å². The van der Waals surface area contributed by atoms with E-state index in [2.05, 4.69) is 11.1 Å². The standard InChI is InChI=1S/C15H10FN3O/c1-20-12-4-2-3-10(7-12)15-13(8-17)19-9-11(16)5-6-14(19)18-15/h2-7,9H,1H3. The van der Waals surface area contributed by atoms with Crippen LogP contribution in [0.3, 0.4) is 0 Å². The van der Waals surface area contributed by atoms with Gasteiger partial charge in [0.25, 0.3) is 0 Å². The molecule has 2 heterocycles. The lowest BCUT2D eigenvalue weighted by atomic mass is 10.1. The van der Waals surface area contributed by atoms with Crippen LogP contribution in [0.15, 0.2) is 42.6 Å². The summed E-state index contributed by atoms with van der Waals surface area (Å²) < 4.78 is 19.9. The van der Waals surface area contributed by atoms with Gasteiger partial charge in [0.1, 0.15) is 29.0 Å². The molecule has 0 aliphatic carbocycles. The molecule has 98 valence electrons. The molecule has 2 aromatic heterocycles. The number of methoxy groups -OCH3 is 1. The van der Waals surface area contributed by atoms with E-state index in [0.29, 0.717) is 22.8 Å². The van der Waals surface area contributed by atoms with Gasteiger partial charge in [0.2, 0.25) is 0 Å². The van der Waals surface area contributed by atoms with E-state index in [1.165, 1.54) is 16.7 Å². The average molecular weight is 267 g/mol. The summed E-state index contributed by atoms with van der Waals surface area (Å²) in [5.74, 6) is 0.262. The lowest BCUT2D eigenvalue weighted by Crippen LogP contribution is -1.90. The van der Waals surface area contributed by atoms with Gasteiger partial charge in [-0.3, -0.25) is 4.40 Å². The van der Waals surface area contributed by atoms with Crippen LogP contribution in [0.1, 0.15) is 5.69 Å². The lowest BCUT2D eigenvalue weighted by Gasteiger charge is -2.02. The Morgan fingerprint density at radius 2 is 2.15 bits per heavy atom. The van der Waals surface area contributed by atoms with Gasteiger partial charge in [0, 0.05) is 11.8 Å². The molecule has 0 amide bonds. The molecule has 0 saturated carbocycles. The molecule has 0 unspecified atom stereocenters. The van der Waals surface area contributed by atoms with E-state index in [1.807, 2.05) is 18.2 Å². The Kier molecular flexibility index (Phi) is 2.84. The van der Waals surface area contributed by atoms with Crippen molar-refractivity contribution in [2.24, 2.45) is 0 Å². The third-order valence-corrected chi connectivity index (χ3v) is 3.03. The molecule has 0 saturated heterocycles. The summed E-state index contributed by atoms with van der Waals surface area (Å²) in [6.07, 6.45) is 1.25. The van der Waals surface area contributed by atoms with Gasteiger partial charge in [-0.25, -0.2) is 9.37 Å². The molecule has 0 aliphatic heterocycles. The first-order chi connectivity index (χ1) is 9.72. The molecule has 0 aliphatic rings. The Morgan fingerprint density at radius 3 is 2.90 bits per heavy atom. The Balaban J connectivity index is 2.28. The van der Waals surface area contributed by atoms with E-state index in [4.69, 9.17) is 4.74 Å². The maximum absolute atomic E-state index is 13.3. The largest absolute Gasteiger partial charge is 0.497 e. The molecule has 4 nitrogen and oxygen atoms in total. The number of nitrogens with zero attached hydrogens (tertiary/aromatic N) is 3. The van der Waals surface area contributed by atoms with E-state index in [-0.39, 0.29) is 0 Å². The second kappa shape index (κ2) is 4.67. The molecule has 0 bridgehead atoms. The normalized spacial score (nSPS) is 10.4. The van der Waals surface area contributed by atoms with Crippen molar-refractivity contribution in [2.75, 3.05) is 7.11 Å². The van der Waals surface area contributed by atoms with Gasteiger partial charge in [-0.15, -0.1) is 0 Å². The van der Waals surface area contributed by atoms with Crippen molar-refractivity contribution in [3.05, 3.63) is 54.1 Å². The van der Waals surface area contributed by atoms with Crippen LogP contribution in [0.4, 0.5) is 4.39 Å². The first kappa shape index (κ1) is 12.2. The van der Waals surface area contributed by atoms with Crippen LogP contribution in [-0.4, -0.2) is 16.5 Å². The molecule has 0 atom stereocenters. The quantitative estimate of drug-likeness (QED) is 0.717. The maximum atomic E-state index is 13.3. The van der Waals surface area contributed by atoms with Crippen LogP contribution in [0.5, 0.6) is 5.75 Å². The average Bonchev–Trinajstić information content (AvgIpc) is 2.85. The van der Waals surface area contributed by atoms with Crippen LogP contribution in [0.25, 0.3) is 16.9 Å². The number of ether oxygens (including phenoxy) is 1. The van der Waals surface area contributed by atoms with Gasteiger partial charge in [-0.05, 0) is 24.3 Å². The minimum Gasteiger partial charge on any atom is -0.497 e. The predicted octanol–water partition coefficient (Wildman–Crippen LogP) is 3.02. The maximum Gasteiger partial charge on any atom is 0.152 e. The monoisotopic (exact) mass is 267 g/mol. The molecule has 3 rings (SSSR count). The molecule has 3 aromatic rings. The summed E-state index contributed by atoms with van der Waals surface area (Å²) in [5.41, 5.74) is 2.09. The zero-order valence-electron chi connectivity index (χ0n) is 10.7. The lowest BCUT2D eigenvalue weighted by molar-refractivity contribution is 0.415. The first-order valence-electron chi connectivity index (χ1n) is 5.95. The van der Waals surface area contributed by atoms with Gasteiger partial charge in [-0.2, -0.15) is 5.26 Å². The summed E-state index contributed by atoms with van der Waals surface area (Å²) in [6, 6.07) is 12.2. The van der Waals surface area contributed by atoms with Crippen LogP contribution in [-0.2, 0) is 0 Å². The second-order valence-corrected chi connectivity index (χ2v) is 4.23. The van der Waals surface area contributed by atoms with Gasteiger partial charge >= 0.3 is 0 Å². The van der Waals surface area contributed by atoms with Crippen LogP contribution >= 0.6 is 0 Å². The second-order valence-electron chi connectivity index (χ2n) is 4.23. The number of hydrogen-bond acceptors (Lipinski definition) is 3. The zero-order valence-corrected chi connectivity index (χ0v) is 10.7. The SMILES string of the molecule is COc1cccc(-c2nc3ccc(F)cn3c2C#N)c1. The van der Waals surface area contributed by atoms with Gasteiger partial charge < -0.3 is 4.74 Å². The van der Waals surface area contributed by atoms with E-state index in [9.17, 15) is 9.65 Å². The smallest absolute Gasteiger partial charge is 0.152 e. The number of halogens is 1. The molecular weight excluding hydrogens is 257 g/mol. The van der Waals surface area contributed by atoms with Crippen molar-refractivity contribution in [3.63, 3.8) is 0 Å². The van der Waals surface area contributed by atoms with Crippen LogP contribution < -0.4 is 4.74 Å². The fourth-order valence-electron chi connectivity index (χ4n) is 2.10. The summed E-state index contributed by atoms with van der Waals surface area (Å²) in [6.45, 7) is 0. The molecule has 1 aromatic carbocycles. The highest BCUT2D eigenvalue weighted by molar-refractivity contribution is 5.70. The number of hydrogen-bond donors (Lipinski definition) is 0. The summed E-state index contributed by atoms with van der Waals surface area (Å²) in [5, 5.41) is 9.32. The third kappa shape index (κ3) is 1.88. The minimum absolute atomic E-state index is 0.299. The zero-order chi connectivity index (χ0) is 14.1. The third-order valence-electron chi connectivity index (χ3n) is 3.03. The highest BCUT2D eigenvalue weighted by atomic mass is 19.1. The van der Waals surface area contributed by atoms with Crippen molar-refractivity contribution in [2.45, 2.75) is 0 Å². The van der Waals surface area contributed by atoms with Crippen molar-refractivity contribution in [1.82, 2.24) is 9.38 Å². The molecule has 0 fully saturated rings. The molecular formula is C15H10FN3O. The van der Waals surface area contributed by atoms with Gasteiger partial charge in [0.05, 0.1) is 7.11 Å². The number of rotatable bonds is 2. The number of imidazole rings is 1. The minimum atomic E-state index is -0.413. The fraction of sp³-hybridized carbons (Fsp3) is 0.0667. The van der Waals surface area contributed by atoms with Crippen molar-refractivity contribution < 1.29 is 9.13 Å². The fourth-order valence-corrected chi connectivity index (χ4v) is 2.10. The van der Waals surface area contributed by atoms with Crippen LogP contribution in [0, 0.1) is 17.1 Å². The number of fused-ring (bicyclic) bond motifs is 1. The molecule has 0 N–H and O–H groups in total. The Morgan fingerprint density at radius 1 is 1.30 bits per heavy atom. The van der Waals surface area contributed by atoms with E-state index in [1.54, 1.807) is 19.2 Å². The molecule has 0 spiro atoms. The Bertz CT molecular complexity index is 833. The number of pyridine rings is 1. The molecule has 5 heteroatoms. The summed E-state index contributed by atoms with van der Waals surface area (Å²) in [7, 11) is 1.57. The highest BCUT2D eigenvalue weighted by Crippen LogP contribution is 2.27. The highest BCUT2D eigenvalue weighted by Gasteiger charge is 2.14. The van der Waals surface area contributed by atoms with Gasteiger partial charge in [-0.1, -0.05) is 12.1 Å². The number of aromatic nitrogens is 2. The summed E-state index contributed by atoms with van der Waals surface area (Å²) >= 11 is 0. The van der Waals surface area contributed by atoms with Crippen LogP contribution in [0.2, 0.25) is 0 Å². The molecule has 0 radical (unpaired) electrons. The van der Waals surface area contributed by atoms with E-state index < -0.39 is 5.82 Å². The Labute approximate surface area is 114 Å².